The van der Waals surface area contributed by atoms with Gasteiger partial charge >= 0.3 is 0 Å². The second-order valence-corrected chi connectivity index (χ2v) is 5.53. The van der Waals surface area contributed by atoms with Gasteiger partial charge in [-0.1, -0.05) is 50.6 Å². The third-order valence-corrected chi connectivity index (χ3v) is 3.72. The van der Waals surface area contributed by atoms with Crippen LogP contribution < -0.4 is 5.32 Å². The predicted octanol–water partition coefficient (Wildman–Crippen LogP) is 4.16. The number of hydrogen-bond acceptors (Lipinski definition) is 1. The van der Waals surface area contributed by atoms with Gasteiger partial charge in [0.15, 0.2) is 0 Å². The van der Waals surface area contributed by atoms with Crippen LogP contribution in [0, 0.1) is 11.8 Å². The van der Waals surface area contributed by atoms with E-state index in [1.54, 1.807) is 0 Å². The van der Waals surface area contributed by atoms with E-state index in [2.05, 4.69) is 49.5 Å². The molecule has 1 aromatic carbocycles. The van der Waals surface area contributed by atoms with Crippen molar-refractivity contribution in [2.24, 2.45) is 11.8 Å². The molecule has 2 rings (SSSR count). The normalized spacial score (nSPS) is 18.9. The largest absolute Gasteiger partial charge is 0.309 e. The van der Waals surface area contributed by atoms with Crippen molar-refractivity contribution >= 4 is 0 Å². The SMILES string of the molecule is CCCC(C)CNC(c1ccccc1)C1CC1. The quantitative estimate of drug-likeness (QED) is 0.743. The number of nitrogens with one attached hydrogen (secondary N) is 1. The predicted molar refractivity (Wildman–Crippen MR) is 74.0 cm³/mol. The van der Waals surface area contributed by atoms with Crippen LogP contribution in [0.1, 0.15) is 51.1 Å². The van der Waals surface area contributed by atoms with Crippen molar-refractivity contribution in [2.75, 3.05) is 6.54 Å². The van der Waals surface area contributed by atoms with Crippen LogP contribution >= 0.6 is 0 Å². The van der Waals surface area contributed by atoms with Crippen LogP contribution in [0.25, 0.3) is 0 Å². The van der Waals surface area contributed by atoms with E-state index in [-0.39, 0.29) is 0 Å². The van der Waals surface area contributed by atoms with Crippen LogP contribution in [-0.4, -0.2) is 6.54 Å². The van der Waals surface area contributed by atoms with Crippen molar-refractivity contribution in [3.8, 4) is 0 Å². The zero-order valence-corrected chi connectivity index (χ0v) is 11.2. The van der Waals surface area contributed by atoms with Crippen molar-refractivity contribution in [3.05, 3.63) is 35.9 Å². The molecule has 17 heavy (non-hydrogen) atoms. The Bertz CT molecular complexity index is 316. The molecule has 0 saturated heterocycles. The summed E-state index contributed by atoms with van der Waals surface area (Å²) in [6, 6.07) is 11.5. The minimum Gasteiger partial charge on any atom is -0.309 e. The molecule has 1 aliphatic rings. The summed E-state index contributed by atoms with van der Waals surface area (Å²) in [7, 11) is 0. The average molecular weight is 231 g/mol. The topological polar surface area (TPSA) is 12.0 Å². The van der Waals surface area contributed by atoms with Gasteiger partial charge in [-0.25, -0.2) is 0 Å². The summed E-state index contributed by atoms with van der Waals surface area (Å²) in [5.74, 6) is 1.68. The van der Waals surface area contributed by atoms with E-state index in [4.69, 9.17) is 0 Å². The van der Waals surface area contributed by atoms with Gasteiger partial charge in [0.1, 0.15) is 0 Å². The van der Waals surface area contributed by atoms with Crippen molar-refractivity contribution in [1.82, 2.24) is 5.32 Å². The summed E-state index contributed by atoms with van der Waals surface area (Å²) in [5.41, 5.74) is 1.47. The van der Waals surface area contributed by atoms with Crippen molar-refractivity contribution in [3.63, 3.8) is 0 Å². The Morgan fingerprint density at radius 3 is 2.53 bits per heavy atom. The van der Waals surface area contributed by atoms with E-state index in [9.17, 15) is 0 Å². The number of hydrogen-bond donors (Lipinski definition) is 1. The highest BCUT2D eigenvalue weighted by atomic mass is 14.9. The first-order chi connectivity index (χ1) is 8.31. The van der Waals surface area contributed by atoms with Crippen molar-refractivity contribution < 1.29 is 0 Å². The summed E-state index contributed by atoms with van der Waals surface area (Å²) in [6.45, 7) is 5.78. The Labute approximate surface area is 106 Å². The lowest BCUT2D eigenvalue weighted by Crippen LogP contribution is -2.27. The summed E-state index contributed by atoms with van der Waals surface area (Å²) in [4.78, 5) is 0. The van der Waals surface area contributed by atoms with Crippen LogP contribution in [0.4, 0.5) is 0 Å². The summed E-state index contributed by atoms with van der Waals surface area (Å²) >= 11 is 0. The maximum Gasteiger partial charge on any atom is 0.0348 e. The average Bonchev–Trinajstić information content (AvgIpc) is 3.16. The smallest absolute Gasteiger partial charge is 0.0348 e. The molecule has 1 aromatic rings. The molecule has 1 nitrogen and oxygen atoms in total. The second kappa shape index (κ2) is 6.20. The van der Waals surface area contributed by atoms with E-state index in [0.29, 0.717) is 6.04 Å². The van der Waals surface area contributed by atoms with Crippen LogP contribution in [-0.2, 0) is 0 Å². The van der Waals surface area contributed by atoms with E-state index in [1.807, 2.05) is 0 Å². The first kappa shape index (κ1) is 12.6. The van der Waals surface area contributed by atoms with Crippen LogP contribution in [0.15, 0.2) is 30.3 Å². The highest BCUT2D eigenvalue weighted by Gasteiger charge is 2.31. The molecule has 1 saturated carbocycles. The van der Waals surface area contributed by atoms with E-state index in [0.717, 1.165) is 18.4 Å². The highest BCUT2D eigenvalue weighted by Crippen LogP contribution is 2.40. The minimum absolute atomic E-state index is 0.593. The van der Waals surface area contributed by atoms with Gasteiger partial charge in [-0.3, -0.25) is 0 Å². The van der Waals surface area contributed by atoms with Gasteiger partial charge in [0.2, 0.25) is 0 Å². The zero-order valence-electron chi connectivity index (χ0n) is 11.2. The van der Waals surface area contributed by atoms with Gasteiger partial charge in [-0.05, 0) is 43.2 Å². The molecule has 0 aromatic heterocycles. The monoisotopic (exact) mass is 231 g/mol. The fourth-order valence-corrected chi connectivity index (χ4v) is 2.57. The maximum absolute atomic E-state index is 3.78. The zero-order chi connectivity index (χ0) is 12.1. The van der Waals surface area contributed by atoms with Gasteiger partial charge in [-0.2, -0.15) is 0 Å². The van der Waals surface area contributed by atoms with Crippen LogP contribution in [0.3, 0.4) is 0 Å². The Kier molecular flexibility index (Phi) is 4.61. The molecule has 0 spiro atoms. The Balaban J connectivity index is 1.90. The van der Waals surface area contributed by atoms with Gasteiger partial charge in [0.05, 0.1) is 0 Å². The molecule has 0 bridgehead atoms. The number of rotatable bonds is 7. The molecule has 1 aliphatic carbocycles. The maximum atomic E-state index is 3.78. The molecule has 1 N–H and O–H groups in total. The first-order valence-corrected chi connectivity index (χ1v) is 7.09. The highest BCUT2D eigenvalue weighted by molar-refractivity contribution is 5.21. The first-order valence-electron chi connectivity index (χ1n) is 7.09. The van der Waals surface area contributed by atoms with Gasteiger partial charge in [0.25, 0.3) is 0 Å². The molecule has 0 radical (unpaired) electrons. The molecule has 1 fully saturated rings. The molecule has 0 amide bonds. The fourth-order valence-electron chi connectivity index (χ4n) is 2.57. The molecule has 2 unspecified atom stereocenters. The molecule has 2 atom stereocenters. The summed E-state index contributed by atoms with van der Waals surface area (Å²) in [6.07, 6.45) is 5.42. The van der Waals surface area contributed by atoms with Crippen LogP contribution in [0.2, 0.25) is 0 Å². The summed E-state index contributed by atoms with van der Waals surface area (Å²) in [5, 5.41) is 3.78. The molecular weight excluding hydrogens is 206 g/mol. The standard InChI is InChI=1S/C16H25N/c1-3-7-13(2)12-17-16(15-10-11-15)14-8-5-4-6-9-14/h4-6,8-9,13,15-17H,3,7,10-12H2,1-2H3. The number of benzene rings is 1. The molecule has 1 heteroatoms. The van der Waals surface area contributed by atoms with E-state index >= 15 is 0 Å². The Morgan fingerprint density at radius 2 is 1.94 bits per heavy atom. The van der Waals surface area contributed by atoms with Gasteiger partial charge < -0.3 is 5.32 Å². The third kappa shape index (κ3) is 3.85. The van der Waals surface area contributed by atoms with E-state index < -0.39 is 0 Å². The Morgan fingerprint density at radius 1 is 1.24 bits per heavy atom. The molecule has 94 valence electrons. The fraction of sp³-hybridized carbons (Fsp3) is 0.625. The van der Waals surface area contributed by atoms with Crippen molar-refractivity contribution in [1.29, 1.82) is 0 Å². The van der Waals surface area contributed by atoms with E-state index in [1.165, 1.54) is 31.2 Å². The lowest BCUT2D eigenvalue weighted by Gasteiger charge is -2.21. The third-order valence-electron chi connectivity index (χ3n) is 3.72. The molecule has 0 aliphatic heterocycles. The molecular formula is C16H25N. The second-order valence-electron chi connectivity index (χ2n) is 5.53. The minimum atomic E-state index is 0.593. The van der Waals surface area contributed by atoms with Gasteiger partial charge in [-0.15, -0.1) is 0 Å². The lowest BCUT2D eigenvalue weighted by atomic mass is 10.0. The lowest BCUT2D eigenvalue weighted by molar-refractivity contribution is 0.407. The summed E-state index contributed by atoms with van der Waals surface area (Å²) < 4.78 is 0. The van der Waals surface area contributed by atoms with Gasteiger partial charge in [0, 0.05) is 6.04 Å². The van der Waals surface area contributed by atoms with Crippen LogP contribution in [0.5, 0.6) is 0 Å². The van der Waals surface area contributed by atoms with Crippen molar-refractivity contribution in [2.45, 2.75) is 45.6 Å². The Hall–Kier alpha value is -0.820. The molecule has 0 heterocycles.